The number of halogens is 1. The van der Waals surface area contributed by atoms with E-state index in [-0.39, 0.29) is 77.1 Å². The van der Waals surface area contributed by atoms with Gasteiger partial charge in [0.25, 0.3) is 0 Å². The van der Waals surface area contributed by atoms with Gasteiger partial charge in [-0.1, -0.05) is 5.56 Å². The number of ketones is 1. The molecule has 0 atom stereocenters. The molecule has 24 heavy (non-hydrogen) atoms. The van der Waals surface area contributed by atoms with Gasteiger partial charge in [0.05, 0.1) is 5.88 Å². The van der Waals surface area contributed by atoms with Crippen LogP contribution in [0.1, 0.15) is 21.5 Å². The molecular weight excluding hydrogens is 469 g/mol. The summed E-state index contributed by atoms with van der Waals surface area (Å²) in [7, 11) is 0. The number of allylic oxidation sites excluding steroid dienone is 2. The normalized spacial score (nSPS) is 8.54. The van der Waals surface area contributed by atoms with Crippen molar-refractivity contribution in [3.63, 3.8) is 0 Å². The molecule has 0 aliphatic heterocycles. The first kappa shape index (κ1) is 26.3. The van der Waals surface area contributed by atoms with Crippen LogP contribution in [0.4, 0.5) is 0 Å². The van der Waals surface area contributed by atoms with E-state index in [1.165, 1.54) is 0 Å². The Morgan fingerprint density at radius 2 is 1.62 bits per heavy atom. The molecule has 0 fully saturated rings. The van der Waals surface area contributed by atoms with Crippen molar-refractivity contribution in [3.8, 4) is 0 Å². The summed E-state index contributed by atoms with van der Waals surface area (Å²) >= 11 is 5.43. The Labute approximate surface area is 200 Å². The first-order chi connectivity index (χ1) is 10.7. The van der Waals surface area contributed by atoms with Crippen molar-refractivity contribution in [2.24, 2.45) is 0 Å². The van der Waals surface area contributed by atoms with Crippen LogP contribution < -0.4 is 0 Å². The Morgan fingerprint density at radius 1 is 1.00 bits per heavy atom. The largest absolute Gasteiger partial charge is 0.502 e. The van der Waals surface area contributed by atoms with Gasteiger partial charge < -0.3 is 12.2 Å². The van der Waals surface area contributed by atoms with Crippen LogP contribution in [0.15, 0.2) is 55.6 Å². The van der Waals surface area contributed by atoms with Gasteiger partial charge in [-0.3, -0.25) is 18.0 Å². The molecule has 0 aromatic heterocycles. The summed E-state index contributed by atoms with van der Waals surface area (Å²) in [4.78, 5) is 11.2. The molecule has 2 aromatic carbocycles. The number of benzene rings is 2. The molecular formula is C20H17ClOY2-4. The maximum absolute atomic E-state index is 11.2. The van der Waals surface area contributed by atoms with Crippen molar-refractivity contribution in [1.82, 2.24) is 0 Å². The first-order valence-corrected chi connectivity index (χ1v) is 7.30. The summed E-state index contributed by atoms with van der Waals surface area (Å²) in [6.45, 7) is 7.01. The number of hydrogen-bond donors (Lipinski definition) is 0. The van der Waals surface area contributed by atoms with Gasteiger partial charge in [-0.15, -0.1) is 11.6 Å². The summed E-state index contributed by atoms with van der Waals surface area (Å²) in [6, 6.07) is 19.1. The molecule has 1 nitrogen and oxygen atoms in total. The minimum atomic E-state index is -0.0685. The van der Waals surface area contributed by atoms with Crippen molar-refractivity contribution in [3.05, 3.63) is 96.6 Å². The molecule has 0 aliphatic carbocycles. The number of rotatable bonds is 6. The van der Waals surface area contributed by atoms with Gasteiger partial charge in [0.1, 0.15) is 0 Å². The first-order valence-electron chi connectivity index (χ1n) is 6.76. The SMILES string of the molecule is C=[C-]Cc1[c-]ccc(C(=O)CCl)c1.C=[C-]Cc1[c-]cccc1.[Y].[Y]. The zero-order valence-corrected chi connectivity index (χ0v) is 20.0. The van der Waals surface area contributed by atoms with Crippen molar-refractivity contribution >= 4 is 17.4 Å². The summed E-state index contributed by atoms with van der Waals surface area (Å²) in [5, 5.41) is 0. The van der Waals surface area contributed by atoms with Crippen LogP contribution in [0.3, 0.4) is 0 Å². The number of carbonyl (C=O) groups is 1. The van der Waals surface area contributed by atoms with Gasteiger partial charge in [0, 0.05) is 65.4 Å². The van der Waals surface area contributed by atoms with Crippen LogP contribution in [-0.4, -0.2) is 11.7 Å². The number of hydrogen-bond acceptors (Lipinski definition) is 1. The fourth-order valence-electron chi connectivity index (χ4n) is 1.68. The average Bonchev–Trinajstić information content (AvgIpc) is 2.56. The zero-order chi connectivity index (χ0) is 16.2. The van der Waals surface area contributed by atoms with Gasteiger partial charge >= 0.3 is 0 Å². The Balaban J connectivity index is 0. The minimum Gasteiger partial charge on any atom is -0.502 e. The molecule has 0 unspecified atom stereocenters. The molecule has 0 N–H and O–H groups in total. The molecule has 0 saturated heterocycles. The van der Waals surface area contributed by atoms with Gasteiger partial charge in [-0.2, -0.15) is 78.6 Å². The molecule has 0 bridgehead atoms. The quantitative estimate of drug-likeness (QED) is 0.335. The van der Waals surface area contributed by atoms with E-state index in [0.717, 1.165) is 17.5 Å². The molecule has 0 heterocycles. The van der Waals surface area contributed by atoms with Crippen molar-refractivity contribution in [2.75, 3.05) is 5.88 Å². The molecule has 4 heteroatoms. The van der Waals surface area contributed by atoms with E-state index < -0.39 is 0 Å². The minimum absolute atomic E-state index is 0. The van der Waals surface area contributed by atoms with E-state index in [4.69, 9.17) is 11.6 Å². The van der Waals surface area contributed by atoms with E-state index >= 15 is 0 Å². The molecule has 0 amide bonds. The van der Waals surface area contributed by atoms with Crippen LogP contribution in [-0.2, 0) is 78.3 Å². The van der Waals surface area contributed by atoms with E-state index in [9.17, 15) is 4.79 Å². The summed E-state index contributed by atoms with van der Waals surface area (Å²) in [5.74, 6) is -0.0534. The van der Waals surface area contributed by atoms with E-state index in [1.807, 2.05) is 24.3 Å². The second kappa shape index (κ2) is 16.6. The number of alkyl halides is 1. The van der Waals surface area contributed by atoms with E-state index in [1.54, 1.807) is 18.2 Å². The van der Waals surface area contributed by atoms with Crippen LogP contribution >= 0.6 is 11.6 Å². The predicted octanol–water partition coefficient (Wildman–Crippen LogP) is 4.45. The average molecular weight is 487 g/mol. The van der Waals surface area contributed by atoms with Crippen LogP contribution in [0.25, 0.3) is 0 Å². The Bertz CT molecular complexity index is 612. The summed E-state index contributed by atoms with van der Waals surface area (Å²) in [6.07, 6.45) is 6.94. The second-order valence-corrected chi connectivity index (χ2v) is 4.67. The molecule has 120 valence electrons. The second-order valence-electron chi connectivity index (χ2n) is 4.40. The summed E-state index contributed by atoms with van der Waals surface area (Å²) in [5.41, 5.74) is 2.68. The zero-order valence-electron chi connectivity index (χ0n) is 13.5. The van der Waals surface area contributed by atoms with E-state index in [0.29, 0.717) is 12.0 Å². The number of Topliss-reactive ketones (excluding diaryl/α,β-unsaturated/α-hetero) is 1. The third kappa shape index (κ3) is 10.9. The van der Waals surface area contributed by atoms with Crippen LogP contribution in [0, 0.1) is 24.3 Å². The van der Waals surface area contributed by atoms with Crippen LogP contribution in [0.5, 0.6) is 0 Å². The maximum Gasteiger partial charge on any atom is 0.153 e. The fourth-order valence-corrected chi connectivity index (χ4v) is 1.83. The molecule has 2 rings (SSSR count). The predicted molar refractivity (Wildman–Crippen MR) is 90.8 cm³/mol. The molecule has 0 spiro atoms. The van der Waals surface area contributed by atoms with E-state index in [2.05, 4.69) is 37.4 Å². The van der Waals surface area contributed by atoms with Crippen molar-refractivity contribution in [2.45, 2.75) is 12.8 Å². The van der Waals surface area contributed by atoms with Gasteiger partial charge in [0.15, 0.2) is 5.78 Å². The smallest absolute Gasteiger partial charge is 0.153 e. The standard InChI is InChI=1S/C11H9ClO.C9H8.2Y/c1-2-4-9-5-3-6-10(7-9)11(13)8-12;1-2-6-9-7-4-3-5-8-9;;/h3,6-7H,1,4,8H2;3-5,7H,1,6H2;;/q2*-2;;. The molecule has 2 radical (unpaired) electrons. The topological polar surface area (TPSA) is 17.1 Å². The molecule has 0 saturated carbocycles. The van der Waals surface area contributed by atoms with Gasteiger partial charge in [-0.25, -0.2) is 0 Å². The Kier molecular flexibility index (Phi) is 18.1. The third-order valence-electron chi connectivity index (χ3n) is 2.71. The Hall–Kier alpha value is 0.0878. The van der Waals surface area contributed by atoms with Gasteiger partial charge in [0.2, 0.25) is 0 Å². The molecule has 2 aromatic rings. The fraction of sp³-hybridized carbons (Fsp3) is 0.150. The number of carbonyl (C=O) groups excluding carboxylic acids is 1. The van der Waals surface area contributed by atoms with Crippen molar-refractivity contribution < 1.29 is 70.2 Å². The van der Waals surface area contributed by atoms with Gasteiger partial charge in [-0.05, 0) is 0 Å². The summed E-state index contributed by atoms with van der Waals surface area (Å²) < 4.78 is 0. The van der Waals surface area contributed by atoms with Crippen molar-refractivity contribution in [1.29, 1.82) is 0 Å². The molecule has 0 aliphatic rings. The Morgan fingerprint density at radius 3 is 2.17 bits per heavy atom. The monoisotopic (exact) mass is 486 g/mol. The third-order valence-corrected chi connectivity index (χ3v) is 2.95. The van der Waals surface area contributed by atoms with Crippen LogP contribution in [0.2, 0.25) is 0 Å². The maximum atomic E-state index is 11.2.